The number of carboxylic acid groups (broad SMARTS) is 1. The number of benzene rings is 1. The monoisotopic (exact) mass is 429 g/mol. The van der Waals surface area contributed by atoms with Gasteiger partial charge in [0.1, 0.15) is 11.7 Å². The average molecular weight is 430 g/mol. The highest BCUT2D eigenvalue weighted by molar-refractivity contribution is 6.32. The Bertz CT molecular complexity index is 1120. The number of carboxylic acids is 1. The molecule has 0 bridgehead atoms. The molecule has 1 fully saturated rings. The van der Waals surface area contributed by atoms with E-state index in [-0.39, 0.29) is 23.2 Å². The lowest BCUT2D eigenvalue weighted by Gasteiger charge is -2.49. The molecule has 2 aliphatic rings. The lowest BCUT2D eigenvalue weighted by Crippen LogP contribution is -2.71. The highest BCUT2D eigenvalue weighted by atomic mass is 35.5. The molecule has 3 N–H and O–H groups in total. The highest BCUT2D eigenvalue weighted by Crippen LogP contribution is 2.37. The first-order chi connectivity index (χ1) is 14.3. The van der Waals surface area contributed by atoms with E-state index >= 15 is 0 Å². The van der Waals surface area contributed by atoms with E-state index in [1.54, 1.807) is 0 Å². The number of β-lactam (4-membered cyclic amide) rings is 1. The number of aryl methyl sites for hydroxylation is 2. The quantitative estimate of drug-likeness (QED) is 0.617. The maximum atomic E-state index is 12.4. The van der Waals surface area contributed by atoms with Gasteiger partial charge < -0.3 is 15.7 Å². The topological polar surface area (TPSA) is 125 Å². The van der Waals surface area contributed by atoms with Gasteiger partial charge in [-0.25, -0.2) is 14.8 Å². The molecule has 0 radical (unpaired) electrons. The highest BCUT2D eigenvalue weighted by Gasteiger charge is 2.53. The van der Waals surface area contributed by atoms with Crippen molar-refractivity contribution in [2.45, 2.75) is 38.8 Å². The van der Waals surface area contributed by atoms with Gasteiger partial charge >= 0.3 is 5.97 Å². The van der Waals surface area contributed by atoms with Crippen LogP contribution >= 0.6 is 11.6 Å². The van der Waals surface area contributed by atoms with Gasteiger partial charge in [0, 0.05) is 10.7 Å². The number of nitrogens with one attached hydrogen (secondary N) is 2. The summed E-state index contributed by atoms with van der Waals surface area (Å²) in [6.07, 6.45) is 0.862. The zero-order valence-electron chi connectivity index (χ0n) is 16.4. The summed E-state index contributed by atoms with van der Waals surface area (Å²) in [6.45, 7) is 3.75. The summed E-state index contributed by atoms with van der Waals surface area (Å²) >= 11 is 5.97. The smallest absolute Gasteiger partial charge is 0.353 e. The fourth-order valence-corrected chi connectivity index (χ4v) is 4.05. The summed E-state index contributed by atoms with van der Waals surface area (Å²) in [5.74, 6) is -2.07. The number of amides is 2. The first kappa shape index (κ1) is 20.1. The number of aromatic nitrogens is 2. The van der Waals surface area contributed by atoms with Crippen LogP contribution in [-0.4, -0.2) is 56.4 Å². The summed E-state index contributed by atoms with van der Waals surface area (Å²) in [6, 6.07) is 4.31. The van der Waals surface area contributed by atoms with E-state index in [4.69, 9.17) is 11.6 Å². The Morgan fingerprint density at radius 1 is 1.23 bits per heavy atom. The van der Waals surface area contributed by atoms with Gasteiger partial charge in [-0.3, -0.25) is 14.5 Å². The van der Waals surface area contributed by atoms with Crippen LogP contribution in [0.2, 0.25) is 0 Å². The van der Waals surface area contributed by atoms with Gasteiger partial charge in [-0.15, -0.1) is 0 Å². The Hall–Kier alpha value is -3.20. The number of halogens is 1. The first-order valence-corrected chi connectivity index (χ1v) is 9.87. The molecule has 2 aliphatic heterocycles. The molecule has 0 saturated carbocycles. The van der Waals surface area contributed by atoms with Gasteiger partial charge in [-0.1, -0.05) is 11.6 Å². The van der Waals surface area contributed by atoms with E-state index in [2.05, 4.69) is 20.6 Å². The van der Waals surface area contributed by atoms with Gasteiger partial charge in [0.15, 0.2) is 0 Å². The van der Waals surface area contributed by atoms with Crippen LogP contribution in [0.1, 0.15) is 24.2 Å². The Balaban J connectivity index is 1.38. The molecule has 30 heavy (non-hydrogen) atoms. The van der Waals surface area contributed by atoms with Crippen LogP contribution in [0, 0.1) is 13.8 Å². The average Bonchev–Trinajstić information content (AvgIpc) is 2.70. The molecule has 0 aliphatic carbocycles. The van der Waals surface area contributed by atoms with Crippen LogP contribution in [0.5, 0.6) is 0 Å². The number of hydrogen-bond donors (Lipinski definition) is 3. The number of anilines is 1. The Kier molecular flexibility index (Phi) is 5.07. The third-order valence-corrected chi connectivity index (χ3v) is 5.79. The summed E-state index contributed by atoms with van der Waals surface area (Å²) in [4.78, 5) is 46.3. The van der Waals surface area contributed by atoms with Crippen LogP contribution in [0.3, 0.4) is 0 Å². The van der Waals surface area contributed by atoms with Gasteiger partial charge in [0.05, 0.1) is 35.0 Å². The molecule has 156 valence electrons. The molecule has 1 saturated heterocycles. The predicted molar refractivity (Wildman–Crippen MR) is 110 cm³/mol. The molecule has 4 rings (SSSR count). The van der Waals surface area contributed by atoms with E-state index in [9.17, 15) is 19.5 Å². The zero-order chi connectivity index (χ0) is 21.6. The minimum Gasteiger partial charge on any atom is -0.477 e. The van der Waals surface area contributed by atoms with Crippen molar-refractivity contribution < 1.29 is 19.5 Å². The molecule has 0 unspecified atom stereocenters. The van der Waals surface area contributed by atoms with Crippen molar-refractivity contribution in [3.63, 3.8) is 0 Å². The van der Waals surface area contributed by atoms with E-state index in [1.165, 1.54) is 4.90 Å². The van der Waals surface area contributed by atoms with Gasteiger partial charge in [-0.2, -0.15) is 0 Å². The molecule has 1 aromatic heterocycles. The van der Waals surface area contributed by atoms with E-state index in [0.717, 1.165) is 22.4 Å². The molecule has 2 amide bonds. The molecule has 10 heteroatoms. The number of fused-ring (bicyclic) bond motifs is 2. The molecule has 2 aromatic rings. The molecular formula is C20H20ClN5O4. The first-order valence-electron chi connectivity index (χ1n) is 9.49. The standard InChI is InChI=1S/C20H20ClN5O4/c1-9-10(2)24-14-7-11(3-5-13(14)23-9)22-8-16(27)25-17-15-6-4-12(21)18(20(29)30)26(15)19(17)28/h3,5,7,15,17,22H,4,6,8H2,1-2H3,(H,25,27)(H,29,30)/t15-,17+/m1/s1. The number of nitrogens with zero attached hydrogens (tertiary/aromatic N) is 3. The van der Waals surface area contributed by atoms with Gasteiger partial charge in [-0.05, 0) is 44.9 Å². The SMILES string of the molecule is Cc1nc2ccc(NCC(=O)N[C@@H]3C(=O)N4C(C(=O)O)=C(Cl)CC[C@H]34)cc2nc1C. The van der Waals surface area contributed by atoms with E-state index in [0.29, 0.717) is 18.5 Å². The zero-order valence-corrected chi connectivity index (χ0v) is 17.2. The summed E-state index contributed by atoms with van der Waals surface area (Å²) in [5, 5.41) is 15.1. The normalized spacial score (nSPS) is 20.6. The van der Waals surface area contributed by atoms with Crippen LogP contribution in [0.4, 0.5) is 5.69 Å². The van der Waals surface area contributed by atoms with Crippen molar-refractivity contribution in [1.29, 1.82) is 0 Å². The second-order valence-electron chi connectivity index (χ2n) is 7.37. The Labute approximate surface area is 177 Å². The minimum absolute atomic E-state index is 0.0390. The lowest BCUT2D eigenvalue weighted by atomic mass is 9.86. The van der Waals surface area contributed by atoms with Crippen molar-refractivity contribution in [2.24, 2.45) is 0 Å². The number of carbonyl (C=O) groups excluding carboxylic acids is 2. The summed E-state index contributed by atoms with van der Waals surface area (Å²) in [7, 11) is 0. The fourth-order valence-electron chi connectivity index (χ4n) is 3.76. The number of allylic oxidation sites excluding steroid dienone is 1. The van der Waals surface area contributed by atoms with E-state index in [1.807, 2.05) is 32.0 Å². The van der Waals surface area contributed by atoms with Crippen molar-refractivity contribution in [3.05, 3.63) is 40.3 Å². The van der Waals surface area contributed by atoms with Crippen molar-refractivity contribution >= 4 is 46.1 Å². The van der Waals surface area contributed by atoms with Crippen molar-refractivity contribution in [1.82, 2.24) is 20.2 Å². The number of carbonyl (C=O) groups is 3. The second kappa shape index (κ2) is 7.56. The minimum atomic E-state index is -1.24. The fraction of sp³-hybridized carbons (Fsp3) is 0.350. The third-order valence-electron chi connectivity index (χ3n) is 5.42. The van der Waals surface area contributed by atoms with Crippen LogP contribution in [-0.2, 0) is 14.4 Å². The largest absolute Gasteiger partial charge is 0.477 e. The maximum absolute atomic E-state index is 12.4. The molecule has 9 nitrogen and oxygen atoms in total. The Morgan fingerprint density at radius 3 is 2.63 bits per heavy atom. The number of aliphatic carboxylic acids is 1. The van der Waals surface area contributed by atoms with Crippen molar-refractivity contribution in [2.75, 3.05) is 11.9 Å². The van der Waals surface area contributed by atoms with E-state index < -0.39 is 24.0 Å². The molecule has 0 spiro atoms. The predicted octanol–water partition coefficient (Wildman–Crippen LogP) is 1.68. The molecule has 3 heterocycles. The van der Waals surface area contributed by atoms with Gasteiger partial charge in [0.2, 0.25) is 5.91 Å². The maximum Gasteiger partial charge on any atom is 0.353 e. The number of rotatable bonds is 5. The number of hydrogen-bond acceptors (Lipinski definition) is 6. The summed E-state index contributed by atoms with van der Waals surface area (Å²) < 4.78 is 0. The summed E-state index contributed by atoms with van der Waals surface area (Å²) in [5.41, 5.74) is 3.72. The van der Waals surface area contributed by atoms with Crippen LogP contribution in [0.25, 0.3) is 11.0 Å². The van der Waals surface area contributed by atoms with Crippen molar-refractivity contribution in [3.8, 4) is 0 Å². The van der Waals surface area contributed by atoms with Gasteiger partial charge in [0.25, 0.3) is 5.91 Å². The van der Waals surface area contributed by atoms with Crippen LogP contribution in [0.15, 0.2) is 28.9 Å². The third kappa shape index (κ3) is 3.45. The second-order valence-corrected chi connectivity index (χ2v) is 7.83. The van der Waals surface area contributed by atoms with Crippen LogP contribution < -0.4 is 10.6 Å². The lowest BCUT2D eigenvalue weighted by molar-refractivity contribution is -0.155. The molecular weight excluding hydrogens is 410 g/mol. The molecule has 2 atom stereocenters. The molecule has 1 aromatic carbocycles. The Morgan fingerprint density at radius 2 is 1.93 bits per heavy atom.